The zero-order valence-corrected chi connectivity index (χ0v) is 10.8. The summed E-state index contributed by atoms with van der Waals surface area (Å²) in [6.45, 7) is 0. The van der Waals surface area contributed by atoms with Gasteiger partial charge in [-0.1, -0.05) is 0 Å². The Hall–Kier alpha value is -0.521. The number of benzene rings is 1. The van der Waals surface area contributed by atoms with Gasteiger partial charge in [0, 0.05) is 0 Å². The zero-order chi connectivity index (χ0) is 10.3. The molecule has 0 spiro atoms. The molecule has 0 bridgehead atoms. The van der Waals surface area contributed by atoms with Gasteiger partial charge in [0.25, 0.3) is 0 Å². The standard InChI is InChI=1S/C14H18Se/c1-3-7-13(8-4-1)11-12-15-14-9-5-2-6-10-14/h2,5-6,9-13H,1,3-4,7-8H2/b12-11+. The van der Waals surface area contributed by atoms with Crippen LogP contribution >= 0.6 is 0 Å². The van der Waals surface area contributed by atoms with Crippen molar-refractivity contribution >= 4 is 19.4 Å². The first kappa shape index (κ1) is 11.0. The summed E-state index contributed by atoms with van der Waals surface area (Å²) in [5, 5.41) is 0. The van der Waals surface area contributed by atoms with Crippen LogP contribution in [0.15, 0.2) is 41.4 Å². The van der Waals surface area contributed by atoms with Crippen molar-refractivity contribution in [1.82, 2.24) is 0 Å². The summed E-state index contributed by atoms with van der Waals surface area (Å²) in [6.07, 6.45) is 9.63. The molecule has 1 aromatic carbocycles. The van der Waals surface area contributed by atoms with Gasteiger partial charge in [0.1, 0.15) is 0 Å². The van der Waals surface area contributed by atoms with Crippen LogP contribution in [-0.4, -0.2) is 15.0 Å². The Morgan fingerprint density at radius 2 is 1.73 bits per heavy atom. The Kier molecular flexibility index (Phi) is 4.50. The van der Waals surface area contributed by atoms with E-state index in [1.54, 1.807) is 0 Å². The zero-order valence-electron chi connectivity index (χ0n) is 9.06. The van der Waals surface area contributed by atoms with Crippen LogP contribution in [0.25, 0.3) is 0 Å². The molecule has 0 unspecified atom stereocenters. The van der Waals surface area contributed by atoms with Crippen LogP contribution < -0.4 is 4.46 Å². The monoisotopic (exact) mass is 266 g/mol. The van der Waals surface area contributed by atoms with Gasteiger partial charge in [-0.3, -0.25) is 0 Å². The molecule has 1 aliphatic carbocycles. The third-order valence-corrected chi connectivity index (χ3v) is 4.71. The van der Waals surface area contributed by atoms with E-state index in [1.165, 1.54) is 36.6 Å². The molecule has 1 aromatic rings. The molecule has 0 amide bonds. The van der Waals surface area contributed by atoms with Crippen LogP contribution in [0.5, 0.6) is 0 Å². The van der Waals surface area contributed by atoms with E-state index in [9.17, 15) is 0 Å². The fraction of sp³-hybridized carbons (Fsp3) is 0.429. The normalized spacial score (nSPS) is 18.4. The average Bonchev–Trinajstić information content (AvgIpc) is 2.32. The van der Waals surface area contributed by atoms with Crippen molar-refractivity contribution < 1.29 is 0 Å². The van der Waals surface area contributed by atoms with Gasteiger partial charge in [-0.2, -0.15) is 0 Å². The summed E-state index contributed by atoms with van der Waals surface area (Å²) in [5.41, 5.74) is 0. The Morgan fingerprint density at radius 1 is 1.00 bits per heavy atom. The Labute approximate surface area is 98.9 Å². The van der Waals surface area contributed by atoms with Crippen LogP contribution in [0.3, 0.4) is 0 Å². The molecule has 15 heavy (non-hydrogen) atoms. The third-order valence-electron chi connectivity index (χ3n) is 2.95. The first-order chi connectivity index (χ1) is 7.45. The third kappa shape index (κ3) is 3.85. The molecule has 0 N–H and O–H groups in total. The average molecular weight is 265 g/mol. The first-order valence-corrected chi connectivity index (χ1v) is 7.68. The number of rotatable bonds is 3. The summed E-state index contributed by atoms with van der Waals surface area (Å²) in [5.74, 6) is 0.879. The molecule has 0 radical (unpaired) electrons. The molecule has 1 saturated carbocycles. The molecular formula is C14H18Se. The Balaban J connectivity index is 1.79. The number of allylic oxidation sites excluding steroid dienone is 1. The molecule has 0 aliphatic heterocycles. The van der Waals surface area contributed by atoms with Gasteiger partial charge in [0.15, 0.2) is 0 Å². The van der Waals surface area contributed by atoms with Gasteiger partial charge < -0.3 is 0 Å². The predicted octanol–water partition coefficient (Wildman–Crippen LogP) is 3.11. The van der Waals surface area contributed by atoms with Gasteiger partial charge in [0.05, 0.1) is 0 Å². The SMILES string of the molecule is C(=C\C1CCCCC1)/[Se]c1ccccc1. The molecule has 0 nitrogen and oxygen atoms in total. The van der Waals surface area contributed by atoms with Crippen LogP contribution in [0.4, 0.5) is 0 Å². The van der Waals surface area contributed by atoms with Gasteiger partial charge >= 0.3 is 98.8 Å². The van der Waals surface area contributed by atoms with Crippen molar-refractivity contribution in [3.8, 4) is 0 Å². The number of hydrogen-bond acceptors (Lipinski definition) is 0. The van der Waals surface area contributed by atoms with Crippen LogP contribution in [0, 0.1) is 5.92 Å². The molecular weight excluding hydrogens is 247 g/mol. The topological polar surface area (TPSA) is 0 Å². The van der Waals surface area contributed by atoms with Crippen molar-refractivity contribution in [2.75, 3.05) is 0 Å². The van der Waals surface area contributed by atoms with Crippen molar-refractivity contribution in [1.29, 1.82) is 0 Å². The molecule has 1 aliphatic rings. The van der Waals surface area contributed by atoms with E-state index in [1.807, 2.05) is 0 Å². The van der Waals surface area contributed by atoms with Gasteiger partial charge in [-0.05, 0) is 0 Å². The van der Waals surface area contributed by atoms with Crippen molar-refractivity contribution in [2.45, 2.75) is 32.1 Å². The second-order valence-corrected chi connectivity index (χ2v) is 6.21. The first-order valence-electron chi connectivity index (χ1n) is 5.83. The Morgan fingerprint density at radius 3 is 2.47 bits per heavy atom. The van der Waals surface area contributed by atoms with Crippen molar-refractivity contribution in [3.05, 3.63) is 41.4 Å². The minimum atomic E-state index is 0.540. The molecule has 1 fully saturated rings. The second kappa shape index (κ2) is 6.15. The summed E-state index contributed by atoms with van der Waals surface area (Å²) in [6, 6.07) is 10.8. The molecule has 2 rings (SSSR count). The van der Waals surface area contributed by atoms with Gasteiger partial charge in [-0.15, -0.1) is 0 Å². The molecule has 0 aromatic heterocycles. The van der Waals surface area contributed by atoms with E-state index >= 15 is 0 Å². The fourth-order valence-corrected chi connectivity index (χ4v) is 3.67. The van der Waals surface area contributed by atoms with Crippen LogP contribution in [0.2, 0.25) is 0 Å². The van der Waals surface area contributed by atoms with Crippen molar-refractivity contribution in [2.24, 2.45) is 5.92 Å². The van der Waals surface area contributed by atoms with E-state index in [2.05, 4.69) is 41.4 Å². The van der Waals surface area contributed by atoms with E-state index in [4.69, 9.17) is 0 Å². The maximum atomic E-state index is 2.46. The van der Waals surface area contributed by atoms with Crippen LogP contribution in [0.1, 0.15) is 32.1 Å². The second-order valence-electron chi connectivity index (χ2n) is 4.16. The molecule has 80 valence electrons. The summed E-state index contributed by atoms with van der Waals surface area (Å²) >= 11 is 0.540. The van der Waals surface area contributed by atoms with Gasteiger partial charge in [-0.25, -0.2) is 0 Å². The fourth-order valence-electron chi connectivity index (χ4n) is 2.05. The van der Waals surface area contributed by atoms with E-state index in [-0.39, 0.29) is 0 Å². The maximum absolute atomic E-state index is 2.46. The van der Waals surface area contributed by atoms with Gasteiger partial charge in [0.2, 0.25) is 0 Å². The minimum absolute atomic E-state index is 0.540. The van der Waals surface area contributed by atoms with Crippen LogP contribution in [-0.2, 0) is 0 Å². The summed E-state index contributed by atoms with van der Waals surface area (Å²) < 4.78 is 1.48. The summed E-state index contributed by atoms with van der Waals surface area (Å²) in [7, 11) is 0. The quantitative estimate of drug-likeness (QED) is 0.737. The predicted molar refractivity (Wildman–Crippen MR) is 67.5 cm³/mol. The molecule has 0 atom stereocenters. The van der Waals surface area contributed by atoms with E-state index in [0.717, 1.165) is 5.92 Å². The molecule has 1 heteroatoms. The molecule has 0 heterocycles. The number of hydrogen-bond donors (Lipinski definition) is 0. The van der Waals surface area contributed by atoms with E-state index in [0.29, 0.717) is 15.0 Å². The van der Waals surface area contributed by atoms with E-state index < -0.39 is 0 Å². The summed E-state index contributed by atoms with van der Waals surface area (Å²) in [4.78, 5) is 2.42. The molecule has 0 saturated heterocycles. The van der Waals surface area contributed by atoms with Crippen molar-refractivity contribution in [3.63, 3.8) is 0 Å². The Bertz CT molecular complexity index is 296.